The molecule has 0 spiro atoms. The van der Waals surface area contributed by atoms with Crippen LogP contribution in [0.5, 0.6) is 0 Å². The van der Waals surface area contributed by atoms with Gasteiger partial charge in [0.1, 0.15) is 4.66 Å². The summed E-state index contributed by atoms with van der Waals surface area (Å²) in [5.41, 5.74) is 0. The van der Waals surface area contributed by atoms with Crippen LogP contribution in [0.4, 0.5) is 0 Å². The van der Waals surface area contributed by atoms with Crippen LogP contribution in [0.1, 0.15) is 13.3 Å². The average Bonchev–Trinajstić information content (AvgIpc) is 2.13. The summed E-state index contributed by atoms with van der Waals surface area (Å²) in [6.45, 7) is 2.00. The number of thioether (sulfide) groups is 1. The van der Waals surface area contributed by atoms with Gasteiger partial charge in [-0.15, -0.1) is 0 Å². The van der Waals surface area contributed by atoms with Crippen LogP contribution >= 0.6 is 27.7 Å². The highest BCUT2D eigenvalue weighted by atomic mass is 79.9. The molecule has 0 aliphatic rings. The number of nitrogens with zero attached hydrogens (tertiary/aromatic N) is 1. The number of sulfonamides is 1. The van der Waals surface area contributed by atoms with Crippen molar-refractivity contribution < 1.29 is 8.42 Å². The van der Waals surface area contributed by atoms with Crippen molar-refractivity contribution in [1.82, 2.24) is 4.31 Å². The molecule has 6 heteroatoms. The molecular weight excluding hydrogens is 274 g/mol. The second-order valence-electron chi connectivity index (χ2n) is 2.75. The van der Waals surface area contributed by atoms with Crippen molar-refractivity contribution in [2.24, 2.45) is 0 Å². The summed E-state index contributed by atoms with van der Waals surface area (Å²) in [5, 5.41) is 0. The van der Waals surface area contributed by atoms with E-state index in [-0.39, 0.29) is 10.7 Å². The second kappa shape index (κ2) is 6.27. The van der Waals surface area contributed by atoms with Gasteiger partial charge in [0, 0.05) is 18.8 Å². The van der Waals surface area contributed by atoms with E-state index in [2.05, 4.69) is 15.9 Å². The van der Waals surface area contributed by atoms with Crippen LogP contribution in [0.2, 0.25) is 0 Å². The fourth-order valence-electron chi connectivity index (χ4n) is 0.976. The van der Waals surface area contributed by atoms with E-state index in [0.717, 1.165) is 12.2 Å². The number of hydrogen-bond acceptors (Lipinski definition) is 3. The molecule has 0 aliphatic heterocycles. The van der Waals surface area contributed by atoms with Crippen LogP contribution in [0, 0.1) is 0 Å². The summed E-state index contributed by atoms with van der Waals surface area (Å²) >= 11 is 4.65. The fourth-order valence-corrected chi connectivity index (χ4v) is 3.72. The molecule has 13 heavy (non-hydrogen) atoms. The molecule has 80 valence electrons. The lowest BCUT2D eigenvalue weighted by molar-refractivity contribution is 0.388. The minimum atomic E-state index is -3.10. The van der Waals surface area contributed by atoms with Crippen molar-refractivity contribution in [3.05, 3.63) is 0 Å². The second-order valence-corrected chi connectivity index (χ2v) is 7.00. The molecular formula is C7H16BrNO2S2. The largest absolute Gasteiger partial charge is 0.224 e. The molecule has 1 atom stereocenters. The van der Waals surface area contributed by atoms with E-state index in [1.165, 1.54) is 4.31 Å². The highest BCUT2D eigenvalue weighted by molar-refractivity contribution is 9.10. The van der Waals surface area contributed by atoms with Crippen LogP contribution in [-0.4, -0.2) is 42.5 Å². The number of alkyl halides is 1. The summed E-state index contributed by atoms with van der Waals surface area (Å²) < 4.78 is 24.3. The first-order valence-corrected chi connectivity index (χ1v) is 8.12. The minimum Gasteiger partial charge on any atom is -0.211 e. The average molecular weight is 290 g/mol. The highest BCUT2D eigenvalue weighted by Crippen LogP contribution is 2.13. The Bertz CT molecular complexity index is 231. The number of halogens is 1. The lowest BCUT2D eigenvalue weighted by Gasteiger charge is -2.24. The molecule has 0 aromatic rings. The standard InChI is InChI=1S/C7H16BrNO2S2/c1-4-7(5-12-3)9(2)13(10,11)6-8/h7H,4-6H2,1-3H3. The molecule has 0 heterocycles. The molecule has 1 unspecified atom stereocenters. The zero-order valence-corrected chi connectivity index (χ0v) is 11.4. The van der Waals surface area contributed by atoms with Crippen LogP contribution in [-0.2, 0) is 10.0 Å². The maximum absolute atomic E-state index is 11.4. The Hall–Kier alpha value is 0.740. The van der Waals surface area contributed by atoms with Gasteiger partial charge in [0.05, 0.1) is 0 Å². The quantitative estimate of drug-likeness (QED) is 0.699. The topological polar surface area (TPSA) is 37.4 Å². The summed E-state index contributed by atoms with van der Waals surface area (Å²) in [6.07, 6.45) is 2.83. The Morgan fingerprint density at radius 3 is 2.38 bits per heavy atom. The van der Waals surface area contributed by atoms with E-state index in [0.29, 0.717) is 0 Å². The number of rotatable bonds is 6. The molecule has 0 rings (SSSR count). The molecule has 0 N–H and O–H groups in total. The van der Waals surface area contributed by atoms with Gasteiger partial charge in [-0.25, -0.2) is 12.7 Å². The van der Waals surface area contributed by atoms with Crippen molar-refractivity contribution in [3.63, 3.8) is 0 Å². The van der Waals surface area contributed by atoms with Gasteiger partial charge in [-0.2, -0.15) is 11.8 Å². The first kappa shape index (κ1) is 13.7. The van der Waals surface area contributed by atoms with E-state index < -0.39 is 10.0 Å². The summed E-state index contributed by atoms with van der Waals surface area (Å²) in [4.78, 5) is 0. The van der Waals surface area contributed by atoms with E-state index in [1.54, 1.807) is 18.8 Å². The van der Waals surface area contributed by atoms with Crippen LogP contribution in [0.3, 0.4) is 0 Å². The van der Waals surface area contributed by atoms with Crippen LogP contribution in [0.15, 0.2) is 0 Å². The van der Waals surface area contributed by atoms with Gasteiger partial charge in [-0.05, 0) is 12.7 Å². The van der Waals surface area contributed by atoms with Crippen molar-refractivity contribution in [2.45, 2.75) is 19.4 Å². The maximum atomic E-state index is 11.4. The van der Waals surface area contributed by atoms with Gasteiger partial charge >= 0.3 is 0 Å². The first-order valence-electron chi connectivity index (χ1n) is 4.00. The first-order chi connectivity index (χ1) is 5.99. The third-order valence-electron chi connectivity index (χ3n) is 1.92. The zero-order valence-electron chi connectivity index (χ0n) is 8.16. The van der Waals surface area contributed by atoms with Crippen LogP contribution < -0.4 is 0 Å². The molecule has 0 amide bonds. The van der Waals surface area contributed by atoms with E-state index in [4.69, 9.17) is 0 Å². The smallest absolute Gasteiger partial charge is 0.211 e. The van der Waals surface area contributed by atoms with E-state index in [1.807, 2.05) is 13.2 Å². The Labute approximate surface area is 93.4 Å². The lowest BCUT2D eigenvalue weighted by Crippen LogP contribution is -2.38. The van der Waals surface area contributed by atoms with E-state index >= 15 is 0 Å². The summed E-state index contributed by atoms with van der Waals surface area (Å²) in [6, 6.07) is 0.109. The van der Waals surface area contributed by atoms with Gasteiger partial charge in [-0.3, -0.25) is 0 Å². The molecule has 0 aromatic carbocycles. The lowest BCUT2D eigenvalue weighted by atomic mass is 10.3. The van der Waals surface area contributed by atoms with Gasteiger partial charge in [0.25, 0.3) is 0 Å². The molecule has 0 saturated carbocycles. The highest BCUT2D eigenvalue weighted by Gasteiger charge is 2.23. The fraction of sp³-hybridized carbons (Fsp3) is 1.00. The molecule has 0 fully saturated rings. The van der Waals surface area contributed by atoms with Gasteiger partial charge < -0.3 is 0 Å². The Morgan fingerprint density at radius 2 is 2.08 bits per heavy atom. The van der Waals surface area contributed by atoms with Gasteiger partial charge in [-0.1, -0.05) is 22.9 Å². The molecule has 0 bridgehead atoms. The molecule has 0 radical (unpaired) electrons. The third kappa shape index (κ3) is 4.18. The minimum absolute atomic E-state index is 0.00137. The molecule has 0 aromatic heterocycles. The predicted molar refractivity (Wildman–Crippen MR) is 62.9 cm³/mol. The molecule has 0 aliphatic carbocycles. The Kier molecular flexibility index (Phi) is 6.62. The normalized spacial score (nSPS) is 14.8. The molecule has 3 nitrogen and oxygen atoms in total. The van der Waals surface area contributed by atoms with Gasteiger partial charge in [0.15, 0.2) is 0 Å². The number of hydrogen-bond donors (Lipinski definition) is 0. The van der Waals surface area contributed by atoms with Crippen molar-refractivity contribution in [1.29, 1.82) is 0 Å². The predicted octanol–water partition coefficient (Wildman–Crippen LogP) is 1.74. The Balaban J connectivity index is 4.45. The van der Waals surface area contributed by atoms with Gasteiger partial charge in [0.2, 0.25) is 10.0 Å². The molecule has 0 saturated heterocycles. The Morgan fingerprint density at radius 1 is 1.54 bits per heavy atom. The SMILES string of the molecule is CCC(CSC)N(C)S(=O)(=O)CBr. The van der Waals surface area contributed by atoms with Crippen LogP contribution in [0.25, 0.3) is 0 Å². The monoisotopic (exact) mass is 289 g/mol. The third-order valence-corrected chi connectivity index (χ3v) is 5.83. The zero-order chi connectivity index (χ0) is 10.5. The van der Waals surface area contributed by atoms with Crippen molar-refractivity contribution in [2.75, 3.05) is 23.7 Å². The summed E-state index contributed by atoms with van der Waals surface area (Å²) in [7, 11) is -1.46. The summed E-state index contributed by atoms with van der Waals surface area (Å²) in [5.74, 6) is 0.846. The maximum Gasteiger partial charge on any atom is 0.224 e. The van der Waals surface area contributed by atoms with Crippen molar-refractivity contribution >= 4 is 37.7 Å². The van der Waals surface area contributed by atoms with Crippen molar-refractivity contribution in [3.8, 4) is 0 Å². The van der Waals surface area contributed by atoms with E-state index in [9.17, 15) is 8.42 Å².